The van der Waals surface area contributed by atoms with Crippen LogP contribution < -0.4 is 5.32 Å². The van der Waals surface area contributed by atoms with Crippen molar-refractivity contribution in [1.29, 1.82) is 0 Å². The lowest BCUT2D eigenvalue weighted by Crippen LogP contribution is -2.49. The monoisotopic (exact) mass is 471 g/mol. The van der Waals surface area contributed by atoms with Crippen LogP contribution in [0.3, 0.4) is 0 Å². The molecule has 8 heteroatoms. The molecule has 1 saturated heterocycles. The highest BCUT2D eigenvalue weighted by Gasteiger charge is 2.26. The minimum Gasteiger partial charge on any atom is -0.372 e. The highest BCUT2D eigenvalue weighted by molar-refractivity contribution is 8.00. The second kappa shape index (κ2) is 9.98. The number of carbonyl (C=O) groups excluding carboxylic acids is 2. The molecule has 32 heavy (non-hydrogen) atoms. The van der Waals surface area contributed by atoms with Gasteiger partial charge in [-0.1, -0.05) is 29.8 Å². The molecule has 1 aliphatic rings. The van der Waals surface area contributed by atoms with Crippen molar-refractivity contribution in [2.45, 2.75) is 37.5 Å². The zero-order valence-electron chi connectivity index (χ0n) is 18.1. The first-order chi connectivity index (χ1) is 15.4. The van der Waals surface area contributed by atoms with Crippen LogP contribution in [0.1, 0.15) is 13.8 Å². The summed E-state index contributed by atoms with van der Waals surface area (Å²) in [6, 6.07) is 15.0. The summed E-state index contributed by atoms with van der Waals surface area (Å²) in [5.74, 6) is 0.245. The van der Waals surface area contributed by atoms with Crippen LogP contribution in [0.5, 0.6) is 0 Å². The smallest absolute Gasteiger partial charge is 0.242 e. The Hall–Kier alpha value is -2.48. The summed E-state index contributed by atoms with van der Waals surface area (Å²) in [5.41, 5.74) is 1.69. The number of para-hydroxylation sites is 1. The number of ether oxygens (including phenoxy) is 1. The second-order valence-electron chi connectivity index (χ2n) is 8.04. The fourth-order valence-electron chi connectivity index (χ4n) is 3.96. The van der Waals surface area contributed by atoms with E-state index in [0.717, 1.165) is 15.8 Å². The van der Waals surface area contributed by atoms with E-state index in [2.05, 4.69) is 5.32 Å². The molecule has 1 fully saturated rings. The lowest BCUT2D eigenvalue weighted by Gasteiger charge is -2.35. The predicted octanol–water partition coefficient (Wildman–Crippen LogP) is 4.66. The number of aromatic nitrogens is 1. The third kappa shape index (κ3) is 5.46. The number of amides is 2. The largest absolute Gasteiger partial charge is 0.372 e. The fraction of sp³-hybridized carbons (Fsp3) is 0.333. The van der Waals surface area contributed by atoms with Crippen molar-refractivity contribution >= 4 is 51.8 Å². The zero-order chi connectivity index (χ0) is 22.7. The van der Waals surface area contributed by atoms with Crippen LogP contribution in [0.15, 0.2) is 59.6 Å². The predicted molar refractivity (Wildman–Crippen MR) is 129 cm³/mol. The van der Waals surface area contributed by atoms with E-state index in [1.807, 2.05) is 53.8 Å². The molecule has 2 aromatic carbocycles. The van der Waals surface area contributed by atoms with Gasteiger partial charge in [0.15, 0.2) is 0 Å². The van der Waals surface area contributed by atoms with Crippen LogP contribution >= 0.6 is 23.4 Å². The Balaban J connectivity index is 1.44. The molecular formula is C24H26ClN3O3S. The normalized spacial score (nSPS) is 18.7. The van der Waals surface area contributed by atoms with E-state index in [1.165, 1.54) is 11.8 Å². The molecule has 0 radical (unpaired) electrons. The van der Waals surface area contributed by atoms with Crippen LogP contribution in [0.2, 0.25) is 5.02 Å². The molecule has 0 aliphatic carbocycles. The average molecular weight is 472 g/mol. The SMILES string of the molecule is C[C@H]1CN(C(=O)Cn2cc(SCC(=O)Nc3ccc(Cl)cc3)c3ccccc32)C[C@H](C)O1. The van der Waals surface area contributed by atoms with Crippen LogP contribution in [0.25, 0.3) is 10.9 Å². The van der Waals surface area contributed by atoms with Crippen molar-refractivity contribution in [1.82, 2.24) is 9.47 Å². The number of fused-ring (bicyclic) bond motifs is 1. The quantitative estimate of drug-likeness (QED) is 0.531. The summed E-state index contributed by atoms with van der Waals surface area (Å²) >= 11 is 7.36. The highest BCUT2D eigenvalue weighted by Crippen LogP contribution is 2.30. The van der Waals surface area contributed by atoms with E-state index in [0.29, 0.717) is 23.8 Å². The van der Waals surface area contributed by atoms with Crippen molar-refractivity contribution in [3.05, 3.63) is 59.8 Å². The number of carbonyl (C=O) groups is 2. The number of morpholine rings is 1. The minimum absolute atomic E-state index is 0.0365. The van der Waals surface area contributed by atoms with Gasteiger partial charge >= 0.3 is 0 Å². The molecule has 0 unspecified atom stereocenters. The van der Waals surface area contributed by atoms with Gasteiger partial charge in [-0.25, -0.2) is 0 Å². The standard InChI is InChI=1S/C24H26ClN3O3S/c1-16-11-28(12-17(2)31-16)24(30)14-27-13-22(20-5-3-4-6-21(20)27)32-15-23(29)26-19-9-7-18(25)8-10-19/h3-10,13,16-17H,11-12,14-15H2,1-2H3,(H,26,29)/t16-,17-/m0/s1. The molecule has 1 aromatic heterocycles. The summed E-state index contributed by atoms with van der Waals surface area (Å²) in [4.78, 5) is 28.2. The van der Waals surface area contributed by atoms with Crippen molar-refractivity contribution in [2.24, 2.45) is 0 Å². The maximum absolute atomic E-state index is 13.0. The number of hydrogen-bond acceptors (Lipinski definition) is 4. The molecule has 1 N–H and O–H groups in total. The van der Waals surface area contributed by atoms with Gasteiger partial charge in [-0.2, -0.15) is 0 Å². The van der Waals surface area contributed by atoms with E-state index < -0.39 is 0 Å². The minimum atomic E-state index is -0.0958. The van der Waals surface area contributed by atoms with Crippen molar-refractivity contribution < 1.29 is 14.3 Å². The van der Waals surface area contributed by atoms with Crippen LogP contribution in [-0.2, 0) is 20.9 Å². The zero-order valence-corrected chi connectivity index (χ0v) is 19.7. The van der Waals surface area contributed by atoms with Crippen molar-refractivity contribution in [3.63, 3.8) is 0 Å². The van der Waals surface area contributed by atoms with Crippen molar-refractivity contribution in [2.75, 3.05) is 24.2 Å². The molecule has 168 valence electrons. The maximum Gasteiger partial charge on any atom is 0.242 e. The number of nitrogens with zero attached hydrogens (tertiary/aromatic N) is 2. The molecular weight excluding hydrogens is 446 g/mol. The second-order valence-corrected chi connectivity index (χ2v) is 9.49. The van der Waals surface area contributed by atoms with Gasteiger partial charge in [0.25, 0.3) is 0 Å². The Kier molecular flexibility index (Phi) is 7.08. The van der Waals surface area contributed by atoms with E-state index in [9.17, 15) is 9.59 Å². The molecule has 4 rings (SSSR count). The number of hydrogen-bond donors (Lipinski definition) is 1. The van der Waals surface area contributed by atoms with Gasteiger partial charge < -0.3 is 19.5 Å². The van der Waals surface area contributed by atoms with Crippen LogP contribution in [0, 0.1) is 0 Å². The summed E-state index contributed by atoms with van der Waals surface area (Å²) < 4.78 is 7.72. The third-order valence-corrected chi connectivity index (χ3v) is 6.61. The van der Waals surface area contributed by atoms with E-state index in [4.69, 9.17) is 16.3 Å². The highest BCUT2D eigenvalue weighted by atomic mass is 35.5. The Morgan fingerprint density at radius 2 is 1.78 bits per heavy atom. The van der Waals surface area contributed by atoms with Gasteiger partial charge in [0, 0.05) is 45.8 Å². The van der Waals surface area contributed by atoms with Gasteiger partial charge in [0.1, 0.15) is 6.54 Å². The lowest BCUT2D eigenvalue weighted by molar-refractivity contribution is -0.143. The molecule has 1 aliphatic heterocycles. The Morgan fingerprint density at radius 3 is 2.50 bits per heavy atom. The van der Waals surface area contributed by atoms with Gasteiger partial charge in [0.2, 0.25) is 11.8 Å². The number of nitrogens with one attached hydrogen (secondary N) is 1. The summed E-state index contributed by atoms with van der Waals surface area (Å²) in [6.07, 6.45) is 2.04. The fourth-order valence-corrected chi connectivity index (χ4v) is 4.97. The van der Waals surface area contributed by atoms with Crippen LogP contribution in [0.4, 0.5) is 5.69 Å². The lowest BCUT2D eigenvalue weighted by atomic mass is 10.2. The van der Waals surface area contributed by atoms with Gasteiger partial charge in [-0.3, -0.25) is 9.59 Å². The van der Waals surface area contributed by atoms with Gasteiger partial charge in [-0.15, -0.1) is 11.8 Å². The van der Waals surface area contributed by atoms with E-state index in [-0.39, 0.29) is 36.3 Å². The maximum atomic E-state index is 13.0. The number of halogens is 1. The third-order valence-electron chi connectivity index (χ3n) is 5.32. The molecule has 6 nitrogen and oxygen atoms in total. The molecule has 2 amide bonds. The molecule has 3 aromatic rings. The van der Waals surface area contributed by atoms with Crippen LogP contribution in [-0.4, -0.2) is 52.3 Å². The van der Waals surface area contributed by atoms with Gasteiger partial charge in [0.05, 0.1) is 18.0 Å². The number of thioether (sulfide) groups is 1. The first-order valence-electron chi connectivity index (χ1n) is 10.6. The molecule has 0 spiro atoms. The topological polar surface area (TPSA) is 63.6 Å². The molecule has 2 heterocycles. The number of anilines is 1. The summed E-state index contributed by atoms with van der Waals surface area (Å²) in [5, 5.41) is 4.54. The van der Waals surface area contributed by atoms with E-state index >= 15 is 0 Å². The summed E-state index contributed by atoms with van der Waals surface area (Å²) in [7, 11) is 0. The number of benzene rings is 2. The first kappa shape index (κ1) is 22.7. The Labute approximate surface area is 196 Å². The summed E-state index contributed by atoms with van der Waals surface area (Å²) in [6.45, 7) is 5.46. The Morgan fingerprint density at radius 1 is 1.09 bits per heavy atom. The first-order valence-corrected chi connectivity index (χ1v) is 11.9. The Bertz CT molecular complexity index is 1110. The number of rotatable bonds is 6. The molecule has 0 bridgehead atoms. The van der Waals surface area contributed by atoms with E-state index in [1.54, 1.807) is 24.3 Å². The average Bonchev–Trinajstić information content (AvgIpc) is 3.11. The molecule has 2 atom stereocenters. The molecule has 0 saturated carbocycles. The van der Waals surface area contributed by atoms with Crippen molar-refractivity contribution in [3.8, 4) is 0 Å². The van der Waals surface area contributed by atoms with Gasteiger partial charge in [-0.05, 0) is 44.2 Å².